The Kier molecular flexibility index (Phi) is 3.82. The van der Waals surface area contributed by atoms with Crippen LogP contribution in [-0.2, 0) is 11.3 Å². The van der Waals surface area contributed by atoms with Gasteiger partial charge < -0.3 is 4.74 Å². The molecule has 3 rings (SSSR count). The van der Waals surface area contributed by atoms with Crippen molar-refractivity contribution in [2.24, 2.45) is 0 Å². The number of halogens is 2. The summed E-state index contributed by atoms with van der Waals surface area (Å²) in [5, 5.41) is 4.87. The topological polar surface area (TPSA) is 44.1 Å². The molecule has 0 saturated carbocycles. The van der Waals surface area contributed by atoms with Crippen LogP contribution in [0.1, 0.15) is 21.6 Å². The molecular formula is C17H14F2N2O2. The van der Waals surface area contributed by atoms with Gasteiger partial charge in [-0.2, -0.15) is 5.10 Å². The minimum Gasteiger partial charge on any atom is -0.464 e. The van der Waals surface area contributed by atoms with Gasteiger partial charge in [-0.15, -0.1) is 0 Å². The molecule has 0 aliphatic rings. The molecule has 1 heterocycles. The third-order valence-corrected chi connectivity index (χ3v) is 3.62. The van der Waals surface area contributed by atoms with E-state index in [2.05, 4.69) is 5.10 Å². The van der Waals surface area contributed by atoms with E-state index < -0.39 is 17.6 Å². The number of methoxy groups -OCH3 is 1. The van der Waals surface area contributed by atoms with Gasteiger partial charge in [-0.1, -0.05) is 18.2 Å². The Morgan fingerprint density at radius 1 is 1.22 bits per heavy atom. The number of ether oxygens (including phenoxy) is 1. The maximum atomic E-state index is 13.9. The van der Waals surface area contributed by atoms with E-state index in [1.807, 2.05) is 19.1 Å². The van der Waals surface area contributed by atoms with Crippen molar-refractivity contribution in [1.29, 1.82) is 0 Å². The molecule has 2 aromatic carbocycles. The number of esters is 1. The SMILES string of the molecule is COC(=O)c1nn(Cc2ccc(F)cc2F)c2cc(C)ccc12. The summed E-state index contributed by atoms with van der Waals surface area (Å²) < 4.78 is 33.2. The van der Waals surface area contributed by atoms with Crippen molar-refractivity contribution in [3.63, 3.8) is 0 Å². The van der Waals surface area contributed by atoms with Crippen LogP contribution in [0.15, 0.2) is 36.4 Å². The van der Waals surface area contributed by atoms with Crippen LogP contribution in [0.4, 0.5) is 8.78 Å². The fourth-order valence-corrected chi connectivity index (χ4v) is 2.46. The standard InChI is InChI=1S/C17H14F2N2O2/c1-10-3-6-13-15(7-10)21(20-16(13)17(22)23-2)9-11-4-5-12(18)8-14(11)19/h3-8H,9H2,1-2H3. The Morgan fingerprint density at radius 3 is 2.70 bits per heavy atom. The summed E-state index contributed by atoms with van der Waals surface area (Å²) in [7, 11) is 1.28. The Morgan fingerprint density at radius 2 is 2.00 bits per heavy atom. The first-order valence-corrected chi connectivity index (χ1v) is 6.99. The zero-order valence-electron chi connectivity index (χ0n) is 12.6. The van der Waals surface area contributed by atoms with Gasteiger partial charge in [0.2, 0.25) is 0 Å². The van der Waals surface area contributed by atoms with Gasteiger partial charge in [-0.25, -0.2) is 13.6 Å². The van der Waals surface area contributed by atoms with Crippen molar-refractivity contribution in [2.45, 2.75) is 13.5 Å². The molecule has 1 aromatic heterocycles. The molecule has 3 aromatic rings. The lowest BCUT2D eigenvalue weighted by Gasteiger charge is -2.06. The van der Waals surface area contributed by atoms with Crippen molar-refractivity contribution in [2.75, 3.05) is 7.11 Å². The smallest absolute Gasteiger partial charge is 0.359 e. The lowest BCUT2D eigenvalue weighted by molar-refractivity contribution is 0.0595. The van der Waals surface area contributed by atoms with Gasteiger partial charge in [-0.3, -0.25) is 4.68 Å². The highest BCUT2D eigenvalue weighted by atomic mass is 19.1. The van der Waals surface area contributed by atoms with Crippen molar-refractivity contribution in [1.82, 2.24) is 9.78 Å². The van der Waals surface area contributed by atoms with Crippen molar-refractivity contribution >= 4 is 16.9 Å². The summed E-state index contributed by atoms with van der Waals surface area (Å²) in [6.07, 6.45) is 0. The van der Waals surface area contributed by atoms with Crippen molar-refractivity contribution < 1.29 is 18.3 Å². The molecule has 4 nitrogen and oxygen atoms in total. The van der Waals surface area contributed by atoms with E-state index >= 15 is 0 Å². The third-order valence-electron chi connectivity index (χ3n) is 3.62. The number of fused-ring (bicyclic) bond motifs is 1. The number of hydrogen-bond donors (Lipinski definition) is 0. The minimum absolute atomic E-state index is 0.0864. The number of carbonyl (C=O) groups is 1. The maximum absolute atomic E-state index is 13.9. The number of hydrogen-bond acceptors (Lipinski definition) is 3. The monoisotopic (exact) mass is 316 g/mol. The quantitative estimate of drug-likeness (QED) is 0.695. The summed E-state index contributed by atoms with van der Waals surface area (Å²) >= 11 is 0. The second-order valence-electron chi connectivity index (χ2n) is 5.25. The molecule has 0 saturated heterocycles. The Bertz CT molecular complexity index is 903. The van der Waals surface area contributed by atoms with Gasteiger partial charge in [0.05, 0.1) is 19.2 Å². The lowest BCUT2D eigenvalue weighted by atomic mass is 10.1. The largest absolute Gasteiger partial charge is 0.464 e. The van der Waals surface area contributed by atoms with E-state index in [-0.39, 0.29) is 17.8 Å². The molecule has 0 amide bonds. The number of carbonyl (C=O) groups excluding carboxylic acids is 1. The first kappa shape index (κ1) is 15.1. The molecule has 118 valence electrons. The second kappa shape index (κ2) is 5.79. The lowest BCUT2D eigenvalue weighted by Crippen LogP contribution is -2.07. The van der Waals surface area contributed by atoms with Gasteiger partial charge >= 0.3 is 5.97 Å². The zero-order chi connectivity index (χ0) is 16.6. The molecule has 0 N–H and O–H groups in total. The predicted octanol–water partition coefficient (Wildman–Crippen LogP) is 3.46. The van der Waals surface area contributed by atoms with E-state index in [4.69, 9.17) is 4.74 Å². The molecule has 0 radical (unpaired) electrons. The highest BCUT2D eigenvalue weighted by Crippen LogP contribution is 2.22. The molecule has 0 aliphatic heterocycles. The Hall–Kier alpha value is -2.76. The predicted molar refractivity (Wildman–Crippen MR) is 81.3 cm³/mol. The van der Waals surface area contributed by atoms with E-state index in [9.17, 15) is 13.6 Å². The summed E-state index contributed by atoms with van der Waals surface area (Å²) in [4.78, 5) is 11.9. The highest BCUT2D eigenvalue weighted by Gasteiger charge is 2.18. The van der Waals surface area contributed by atoms with Crippen LogP contribution in [0, 0.1) is 18.6 Å². The van der Waals surface area contributed by atoms with Crippen LogP contribution in [0.3, 0.4) is 0 Å². The van der Waals surface area contributed by atoms with Crippen LogP contribution in [-0.4, -0.2) is 22.9 Å². The van der Waals surface area contributed by atoms with E-state index in [0.29, 0.717) is 10.9 Å². The van der Waals surface area contributed by atoms with Gasteiger partial charge in [0.15, 0.2) is 5.69 Å². The number of aromatic nitrogens is 2. The number of nitrogens with zero attached hydrogens (tertiary/aromatic N) is 2. The van der Waals surface area contributed by atoms with Crippen molar-refractivity contribution in [3.05, 3.63) is 64.9 Å². The molecule has 0 atom stereocenters. The van der Waals surface area contributed by atoms with Crippen LogP contribution in [0.25, 0.3) is 10.9 Å². The van der Waals surface area contributed by atoms with Gasteiger partial charge in [-0.05, 0) is 24.6 Å². The fraction of sp³-hybridized carbons (Fsp3) is 0.176. The summed E-state index contributed by atoms with van der Waals surface area (Å²) in [6.45, 7) is 2.00. The first-order chi connectivity index (χ1) is 11.0. The highest BCUT2D eigenvalue weighted by molar-refractivity contribution is 6.02. The summed E-state index contributed by atoms with van der Waals surface area (Å²) in [6, 6.07) is 8.88. The average Bonchev–Trinajstić information content (AvgIpc) is 2.87. The first-order valence-electron chi connectivity index (χ1n) is 6.99. The second-order valence-corrected chi connectivity index (χ2v) is 5.25. The van der Waals surface area contributed by atoms with E-state index in [1.54, 1.807) is 6.07 Å². The number of aryl methyl sites for hydroxylation is 1. The summed E-state index contributed by atoms with van der Waals surface area (Å²) in [5.74, 6) is -1.85. The molecule has 6 heteroatoms. The van der Waals surface area contributed by atoms with E-state index in [0.717, 1.165) is 11.6 Å². The Labute approximate surface area is 131 Å². The van der Waals surface area contributed by atoms with Crippen LogP contribution < -0.4 is 0 Å². The summed E-state index contributed by atoms with van der Waals surface area (Å²) in [5.41, 5.74) is 2.13. The van der Waals surface area contributed by atoms with Crippen LogP contribution in [0.5, 0.6) is 0 Å². The Balaban J connectivity index is 2.13. The van der Waals surface area contributed by atoms with E-state index in [1.165, 1.54) is 23.9 Å². The van der Waals surface area contributed by atoms with Gasteiger partial charge in [0.25, 0.3) is 0 Å². The molecule has 0 fully saturated rings. The van der Waals surface area contributed by atoms with Crippen LogP contribution >= 0.6 is 0 Å². The van der Waals surface area contributed by atoms with Gasteiger partial charge in [0, 0.05) is 17.0 Å². The van der Waals surface area contributed by atoms with Crippen LogP contribution in [0.2, 0.25) is 0 Å². The minimum atomic E-state index is -0.652. The molecular weight excluding hydrogens is 302 g/mol. The zero-order valence-corrected chi connectivity index (χ0v) is 12.6. The fourth-order valence-electron chi connectivity index (χ4n) is 2.46. The molecule has 0 bridgehead atoms. The van der Waals surface area contributed by atoms with Gasteiger partial charge in [0.1, 0.15) is 11.6 Å². The molecule has 0 aliphatic carbocycles. The maximum Gasteiger partial charge on any atom is 0.359 e. The average molecular weight is 316 g/mol. The van der Waals surface area contributed by atoms with Crippen molar-refractivity contribution in [3.8, 4) is 0 Å². The molecule has 0 spiro atoms. The molecule has 0 unspecified atom stereocenters. The number of rotatable bonds is 3. The normalized spacial score (nSPS) is 11.0. The number of benzene rings is 2. The third kappa shape index (κ3) is 2.79. The molecule has 23 heavy (non-hydrogen) atoms.